The average Bonchev–Trinajstić information content (AvgIpc) is 2.55. The number of hydrogen-bond donors (Lipinski definition) is 1. The van der Waals surface area contributed by atoms with Gasteiger partial charge in [-0.3, -0.25) is 4.79 Å². The Labute approximate surface area is 135 Å². The summed E-state index contributed by atoms with van der Waals surface area (Å²) in [5.74, 6) is 1.03. The van der Waals surface area contributed by atoms with Crippen LogP contribution in [0.3, 0.4) is 0 Å². The average molecular weight is 310 g/mol. The molecule has 0 aliphatic heterocycles. The molecule has 0 saturated heterocycles. The lowest BCUT2D eigenvalue weighted by molar-refractivity contribution is -0.143. The van der Waals surface area contributed by atoms with E-state index in [9.17, 15) is 4.79 Å². The number of ether oxygens (including phenoxy) is 1. The van der Waals surface area contributed by atoms with Gasteiger partial charge >= 0.3 is 5.97 Å². The second kappa shape index (κ2) is 9.54. The fourth-order valence-corrected chi connectivity index (χ4v) is 4.15. The van der Waals surface area contributed by atoms with Crippen molar-refractivity contribution in [1.29, 1.82) is 0 Å². The molecule has 0 aromatic carbocycles. The summed E-state index contributed by atoms with van der Waals surface area (Å²) in [5.41, 5.74) is 0. The number of unbranched alkanes of at least 4 members (excludes halogenated alkanes) is 1. The number of carbonyl (C=O) groups is 1. The Kier molecular flexibility index (Phi) is 7.71. The lowest BCUT2D eigenvalue weighted by Gasteiger charge is -2.31. The number of hydrogen-bond acceptors (Lipinski definition) is 2. The van der Waals surface area contributed by atoms with E-state index in [4.69, 9.17) is 9.84 Å². The molecule has 1 N–H and O–H groups in total. The normalized spacial score (nSPS) is 32.8. The predicted molar refractivity (Wildman–Crippen MR) is 88.9 cm³/mol. The Morgan fingerprint density at radius 2 is 1.50 bits per heavy atom. The van der Waals surface area contributed by atoms with Crippen molar-refractivity contribution in [2.24, 2.45) is 17.8 Å². The van der Waals surface area contributed by atoms with E-state index in [0.717, 1.165) is 44.1 Å². The van der Waals surface area contributed by atoms with Crippen LogP contribution in [-0.4, -0.2) is 23.8 Å². The van der Waals surface area contributed by atoms with E-state index in [1.165, 1.54) is 51.4 Å². The zero-order valence-electron chi connectivity index (χ0n) is 14.3. The van der Waals surface area contributed by atoms with Gasteiger partial charge < -0.3 is 9.84 Å². The Morgan fingerprint density at radius 3 is 2.00 bits per heavy atom. The highest BCUT2D eigenvalue weighted by molar-refractivity contribution is 5.69. The van der Waals surface area contributed by atoms with Gasteiger partial charge in [-0.15, -0.1) is 0 Å². The highest BCUT2D eigenvalue weighted by Crippen LogP contribution is 2.35. The van der Waals surface area contributed by atoms with Gasteiger partial charge in [0.15, 0.2) is 0 Å². The van der Waals surface area contributed by atoms with Crippen LogP contribution in [-0.2, 0) is 9.53 Å². The highest BCUT2D eigenvalue weighted by Gasteiger charge is 2.27. The van der Waals surface area contributed by atoms with Crippen molar-refractivity contribution in [3.8, 4) is 0 Å². The smallest absolute Gasteiger partial charge is 0.306 e. The van der Waals surface area contributed by atoms with Crippen LogP contribution in [0, 0.1) is 17.8 Å². The summed E-state index contributed by atoms with van der Waals surface area (Å²) in [7, 11) is 0. The molecule has 22 heavy (non-hydrogen) atoms. The minimum Gasteiger partial charge on any atom is -0.481 e. The minimum atomic E-state index is -0.583. The third-order valence-electron chi connectivity index (χ3n) is 5.82. The Bertz CT molecular complexity index is 313. The van der Waals surface area contributed by atoms with Gasteiger partial charge in [0.05, 0.1) is 12.0 Å². The summed E-state index contributed by atoms with van der Waals surface area (Å²) in [5, 5.41) is 9.05. The molecule has 2 fully saturated rings. The molecule has 3 nitrogen and oxygen atoms in total. The zero-order valence-corrected chi connectivity index (χ0v) is 14.3. The SMILES string of the molecule is CCCCOC1CCC(CCC2CCC(C(=O)O)CC2)CC1. The van der Waals surface area contributed by atoms with E-state index in [1.54, 1.807) is 0 Å². The molecule has 0 radical (unpaired) electrons. The van der Waals surface area contributed by atoms with Gasteiger partial charge in [-0.25, -0.2) is 0 Å². The fourth-order valence-electron chi connectivity index (χ4n) is 4.15. The predicted octanol–water partition coefficient (Wildman–Crippen LogP) is 5.03. The van der Waals surface area contributed by atoms with Crippen LogP contribution in [0.25, 0.3) is 0 Å². The third-order valence-corrected chi connectivity index (χ3v) is 5.82. The number of rotatable bonds is 8. The fraction of sp³-hybridized carbons (Fsp3) is 0.947. The summed E-state index contributed by atoms with van der Waals surface area (Å²) in [6.45, 7) is 3.16. The Morgan fingerprint density at radius 1 is 0.955 bits per heavy atom. The first-order valence-electron chi connectivity index (χ1n) is 9.53. The van der Waals surface area contributed by atoms with Crippen LogP contribution in [0.4, 0.5) is 0 Å². The molecule has 3 heteroatoms. The zero-order chi connectivity index (χ0) is 15.8. The molecule has 2 aliphatic rings. The van der Waals surface area contributed by atoms with Crippen LogP contribution >= 0.6 is 0 Å². The summed E-state index contributed by atoms with van der Waals surface area (Å²) < 4.78 is 5.94. The summed E-state index contributed by atoms with van der Waals surface area (Å²) in [4.78, 5) is 11.0. The standard InChI is InChI=1S/C19H34O3/c1-2-3-14-22-18-12-8-16(9-13-18)5-4-15-6-10-17(11-7-15)19(20)21/h15-18H,2-14H2,1H3,(H,20,21). The highest BCUT2D eigenvalue weighted by atomic mass is 16.5. The summed E-state index contributed by atoms with van der Waals surface area (Å²) in [6, 6.07) is 0. The van der Waals surface area contributed by atoms with Gasteiger partial charge in [-0.2, -0.15) is 0 Å². The molecule has 128 valence electrons. The molecule has 0 aromatic heterocycles. The van der Waals surface area contributed by atoms with Gasteiger partial charge in [0.1, 0.15) is 0 Å². The van der Waals surface area contributed by atoms with Gasteiger partial charge in [0.2, 0.25) is 0 Å². The van der Waals surface area contributed by atoms with Gasteiger partial charge in [-0.1, -0.05) is 26.2 Å². The Balaban J connectivity index is 1.55. The van der Waals surface area contributed by atoms with Crippen LogP contribution in [0.2, 0.25) is 0 Å². The van der Waals surface area contributed by atoms with E-state index in [0.29, 0.717) is 6.10 Å². The Hall–Kier alpha value is -0.570. The molecule has 0 atom stereocenters. The number of carboxylic acids is 1. The molecule has 0 unspecified atom stereocenters. The van der Waals surface area contributed by atoms with Crippen molar-refractivity contribution in [3.63, 3.8) is 0 Å². The first-order chi connectivity index (χ1) is 10.7. The first kappa shape index (κ1) is 17.8. The van der Waals surface area contributed by atoms with Gasteiger partial charge in [-0.05, 0) is 69.6 Å². The van der Waals surface area contributed by atoms with E-state index in [-0.39, 0.29) is 5.92 Å². The van der Waals surface area contributed by atoms with Gasteiger partial charge in [0, 0.05) is 6.61 Å². The topological polar surface area (TPSA) is 46.5 Å². The largest absolute Gasteiger partial charge is 0.481 e. The van der Waals surface area contributed by atoms with Crippen molar-refractivity contribution in [1.82, 2.24) is 0 Å². The minimum absolute atomic E-state index is 0.0630. The second-order valence-corrected chi connectivity index (χ2v) is 7.50. The third kappa shape index (κ3) is 5.91. The number of carboxylic acid groups (broad SMARTS) is 1. The lowest BCUT2D eigenvalue weighted by atomic mass is 9.77. The maximum Gasteiger partial charge on any atom is 0.306 e. The molecule has 2 rings (SSSR count). The van der Waals surface area contributed by atoms with Crippen LogP contribution in [0.1, 0.15) is 84.0 Å². The molecule has 0 aromatic rings. The molecule has 0 spiro atoms. The summed E-state index contributed by atoms with van der Waals surface area (Å²) in [6.07, 6.45) is 14.8. The molecule has 0 amide bonds. The van der Waals surface area contributed by atoms with Crippen molar-refractivity contribution in [3.05, 3.63) is 0 Å². The molecular weight excluding hydrogens is 276 g/mol. The number of aliphatic carboxylic acids is 1. The van der Waals surface area contributed by atoms with E-state index in [2.05, 4.69) is 6.92 Å². The monoisotopic (exact) mass is 310 g/mol. The molecule has 2 saturated carbocycles. The second-order valence-electron chi connectivity index (χ2n) is 7.50. The van der Waals surface area contributed by atoms with Crippen LogP contribution in [0.15, 0.2) is 0 Å². The lowest BCUT2D eigenvalue weighted by Crippen LogP contribution is -2.24. The van der Waals surface area contributed by atoms with Gasteiger partial charge in [0.25, 0.3) is 0 Å². The molecule has 2 aliphatic carbocycles. The maximum absolute atomic E-state index is 11.0. The van der Waals surface area contributed by atoms with Crippen molar-refractivity contribution in [2.75, 3.05) is 6.61 Å². The molecular formula is C19H34O3. The quantitative estimate of drug-likeness (QED) is 0.639. The first-order valence-corrected chi connectivity index (χ1v) is 9.53. The van der Waals surface area contributed by atoms with Crippen molar-refractivity contribution < 1.29 is 14.6 Å². The molecule has 0 heterocycles. The van der Waals surface area contributed by atoms with E-state index in [1.807, 2.05) is 0 Å². The van der Waals surface area contributed by atoms with Crippen molar-refractivity contribution >= 4 is 5.97 Å². The molecule has 0 bridgehead atoms. The maximum atomic E-state index is 11.0. The van der Waals surface area contributed by atoms with Crippen LogP contribution < -0.4 is 0 Å². The van der Waals surface area contributed by atoms with E-state index < -0.39 is 5.97 Å². The van der Waals surface area contributed by atoms with Crippen molar-refractivity contribution in [2.45, 2.75) is 90.1 Å². The van der Waals surface area contributed by atoms with E-state index >= 15 is 0 Å². The summed E-state index contributed by atoms with van der Waals surface area (Å²) >= 11 is 0. The van der Waals surface area contributed by atoms with Crippen LogP contribution in [0.5, 0.6) is 0 Å².